The first-order valence-electron chi connectivity index (χ1n) is 10.3. The molecule has 30 heavy (non-hydrogen) atoms. The van der Waals surface area contributed by atoms with E-state index in [1.54, 1.807) is 14.2 Å². The van der Waals surface area contributed by atoms with E-state index >= 15 is 0 Å². The monoisotopic (exact) mass is 434 g/mol. The number of amides is 1. The fourth-order valence-electron chi connectivity index (χ4n) is 3.68. The van der Waals surface area contributed by atoms with Crippen LogP contribution in [-0.2, 0) is 29.3 Å². The molecule has 0 atom stereocenters. The van der Waals surface area contributed by atoms with E-state index in [4.69, 9.17) is 19.3 Å². The SMILES string of the molecule is COCCN(Cc1ccc(OC)c(OCc2nc(CO)cs2)c1)C(=O)C1CCCC1. The summed E-state index contributed by atoms with van der Waals surface area (Å²) in [6.45, 7) is 1.79. The van der Waals surface area contributed by atoms with Crippen molar-refractivity contribution in [3.05, 3.63) is 39.8 Å². The Hall–Kier alpha value is -2.16. The van der Waals surface area contributed by atoms with Gasteiger partial charge in [-0.1, -0.05) is 18.9 Å². The van der Waals surface area contributed by atoms with Gasteiger partial charge >= 0.3 is 0 Å². The summed E-state index contributed by atoms with van der Waals surface area (Å²) in [7, 11) is 3.25. The number of rotatable bonds is 11. The molecule has 3 rings (SSSR count). The molecule has 1 saturated carbocycles. The first-order valence-corrected chi connectivity index (χ1v) is 11.1. The molecule has 0 saturated heterocycles. The number of aliphatic hydroxyl groups is 1. The molecule has 1 aliphatic rings. The van der Waals surface area contributed by atoms with Crippen LogP contribution in [0.5, 0.6) is 11.5 Å². The van der Waals surface area contributed by atoms with Gasteiger partial charge in [0.2, 0.25) is 5.91 Å². The Balaban J connectivity index is 1.71. The summed E-state index contributed by atoms with van der Waals surface area (Å²) in [5, 5.41) is 11.8. The van der Waals surface area contributed by atoms with Gasteiger partial charge in [0.1, 0.15) is 11.6 Å². The normalized spacial score (nSPS) is 14.1. The average Bonchev–Trinajstić information content (AvgIpc) is 3.47. The molecule has 164 valence electrons. The number of nitrogens with zero attached hydrogens (tertiary/aromatic N) is 2. The number of benzene rings is 1. The largest absolute Gasteiger partial charge is 0.493 e. The van der Waals surface area contributed by atoms with Gasteiger partial charge in [-0.05, 0) is 30.5 Å². The molecule has 2 aromatic rings. The smallest absolute Gasteiger partial charge is 0.226 e. The molecule has 8 heteroatoms. The summed E-state index contributed by atoms with van der Waals surface area (Å²) >= 11 is 1.45. The second kappa shape index (κ2) is 11.3. The highest BCUT2D eigenvalue weighted by atomic mass is 32.1. The predicted molar refractivity (Wildman–Crippen MR) is 115 cm³/mol. The molecule has 0 spiro atoms. The van der Waals surface area contributed by atoms with Crippen molar-refractivity contribution < 1.29 is 24.1 Å². The lowest BCUT2D eigenvalue weighted by molar-refractivity contribution is -0.136. The van der Waals surface area contributed by atoms with E-state index in [9.17, 15) is 4.79 Å². The number of hydrogen-bond acceptors (Lipinski definition) is 7. The van der Waals surface area contributed by atoms with Crippen LogP contribution < -0.4 is 9.47 Å². The second-order valence-electron chi connectivity index (χ2n) is 7.40. The van der Waals surface area contributed by atoms with E-state index in [0.717, 1.165) is 36.3 Å². The number of ether oxygens (including phenoxy) is 3. The maximum atomic E-state index is 13.0. The molecule has 1 aliphatic carbocycles. The highest BCUT2D eigenvalue weighted by molar-refractivity contribution is 7.09. The van der Waals surface area contributed by atoms with Crippen LogP contribution in [-0.4, -0.2) is 48.3 Å². The zero-order valence-electron chi connectivity index (χ0n) is 17.6. The third kappa shape index (κ3) is 5.93. The minimum absolute atomic E-state index is 0.0817. The molecular weight excluding hydrogens is 404 g/mol. The van der Waals surface area contributed by atoms with Gasteiger partial charge in [0, 0.05) is 31.5 Å². The Morgan fingerprint density at radius 2 is 2.07 bits per heavy atom. The van der Waals surface area contributed by atoms with Crippen molar-refractivity contribution in [2.24, 2.45) is 5.92 Å². The molecule has 0 bridgehead atoms. The van der Waals surface area contributed by atoms with E-state index < -0.39 is 0 Å². The van der Waals surface area contributed by atoms with Crippen LogP contribution in [0.1, 0.15) is 41.9 Å². The van der Waals surface area contributed by atoms with Gasteiger partial charge in [-0.2, -0.15) is 0 Å². The van der Waals surface area contributed by atoms with Crippen molar-refractivity contribution in [2.45, 2.75) is 45.4 Å². The first kappa shape index (κ1) is 22.5. The highest BCUT2D eigenvalue weighted by Gasteiger charge is 2.27. The number of hydrogen-bond donors (Lipinski definition) is 1. The Bertz CT molecular complexity index is 820. The fourth-order valence-corrected chi connectivity index (χ4v) is 4.38. The summed E-state index contributed by atoms with van der Waals surface area (Å²) in [6.07, 6.45) is 4.21. The van der Waals surface area contributed by atoms with Gasteiger partial charge in [0.25, 0.3) is 0 Å². The highest BCUT2D eigenvalue weighted by Crippen LogP contribution is 2.31. The standard InChI is InChI=1S/C22H30N2O5S/c1-27-10-9-24(22(26)17-5-3-4-6-17)12-16-7-8-19(28-2)20(11-16)29-14-21-23-18(13-25)15-30-21/h7-8,11,15,17,25H,3-6,9-10,12-14H2,1-2H3. The lowest BCUT2D eigenvalue weighted by Crippen LogP contribution is -2.37. The number of aromatic nitrogens is 1. The molecule has 0 radical (unpaired) electrons. The molecule has 1 amide bonds. The summed E-state index contributed by atoms with van der Waals surface area (Å²) in [5.41, 5.74) is 1.61. The molecule has 1 heterocycles. The minimum atomic E-state index is -0.0817. The molecule has 0 aliphatic heterocycles. The lowest BCUT2D eigenvalue weighted by Gasteiger charge is -2.26. The third-order valence-electron chi connectivity index (χ3n) is 5.30. The van der Waals surface area contributed by atoms with Gasteiger partial charge < -0.3 is 24.2 Å². The third-order valence-corrected chi connectivity index (χ3v) is 6.17. The van der Waals surface area contributed by atoms with E-state index in [1.807, 2.05) is 28.5 Å². The Kier molecular flexibility index (Phi) is 8.48. The summed E-state index contributed by atoms with van der Waals surface area (Å²) < 4.78 is 16.6. The predicted octanol–water partition coefficient (Wildman–Crippen LogP) is 3.39. The van der Waals surface area contributed by atoms with Gasteiger partial charge in [0.15, 0.2) is 11.5 Å². The number of methoxy groups -OCH3 is 2. The molecule has 0 unspecified atom stereocenters. The van der Waals surface area contributed by atoms with Crippen molar-refractivity contribution >= 4 is 17.2 Å². The number of thiazole rings is 1. The van der Waals surface area contributed by atoms with Crippen LogP contribution in [0, 0.1) is 5.92 Å². The maximum Gasteiger partial charge on any atom is 0.226 e. The lowest BCUT2D eigenvalue weighted by atomic mass is 10.1. The van der Waals surface area contributed by atoms with E-state index in [2.05, 4.69) is 4.98 Å². The Morgan fingerprint density at radius 1 is 1.27 bits per heavy atom. The van der Waals surface area contributed by atoms with Gasteiger partial charge in [-0.3, -0.25) is 4.79 Å². The molecule has 1 aromatic heterocycles. The van der Waals surface area contributed by atoms with Gasteiger partial charge in [0.05, 0.1) is 26.0 Å². The quantitative estimate of drug-likeness (QED) is 0.584. The second-order valence-corrected chi connectivity index (χ2v) is 8.34. The van der Waals surface area contributed by atoms with E-state index in [0.29, 0.717) is 43.5 Å². The fraction of sp³-hybridized carbons (Fsp3) is 0.545. The molecule has 1 N–H and O–H groups in total. The first-order chi connectivity index (χ1) is 14.6. The topological polar surface area (TPSA) is 81.1 Å². The summed E-state index contributed by atoms with van der Waals surface area (Å²) in [6, 6.07) is 5.74. The summed E-state index contributed by atoms with van der Waals surface area (Å²) in [5.74, 6) is 1.57. The minimum Gasteiger partial charge on any atom is -0.493 e. The maximum absolute atomic E-state index is 13.0. The van der Waals surface area contributed by atoms with Crippen molar-refractivity contribution in [2.75, 3.05) is 27.4 Å². The van der Waals surface area contributed by atoms with Crippen LogP contribution in [0.2, 0.25) is 0 Å². The van der Waals surface area contributed by atoms with Crippen molar-refractivity contribution in [1.29, 1.82) is 0 Å². The number of carbonyl (C=O) groups excluding carboxylic acids is 1. The van der Waals surface area contributed by atoms with E-state index in [1.165, 1.54) is 11.3 Å². The van der Waals surface area contributed by atoms with Crippen molar-refractivity contribution in [3.63, 3.8) is 0 Å². The van der Waals surface area contributed by atoms with Crippen LogP contribution in [0.25, 0.3) is 0 Å². The average molecular weight is 435 g/mol. The van der Waals surface area contributed by atoms with Crippen LogP contribution in [0.3, 0.4) is 0 Å². The van der Waals surface area contributed by atoms with Crippen LogP contribution in [0.4, 0.5) is 0 Å². The Morgan fingerprint density at radius 3 is 2.73 bits per heavy atom. The van der Waals surface area contributed by atoms with Crippen LogP contribution in [0.15, 0.2) is 23.6 Å². The zero-order valence-corrected chi connectivity index (χ0v) is 18.5. The van der Waals surface area contributed by atoms with Crippen molar-refractivity contribution in [1.82, 2.24) is 9.88 Å². The molecular formula is C22H30N2O5S. The van der Waals surface area contributed by atoms with Crippen molar-refractivity contribution in [3.8, 4) is 11.5 Å². The van der Waals surface area contributed by atoms with E-state index in [-0.39, 0.29) is 18.4 Å². The van der Waals surface area contributed by atoms with Crippen LogP contribution >= 0.6 is 11.3 Å². The molecule has 7 nitrogen and oxygen atoms in total. The Labute approximate surface area is 181 Å². The number of carbonyl (C=O) groups is 1. The van der Waals surface area contributed by atoms with Gasteiger partial charge in [-0.25, -0.2) is 4.98 Å². The summed E-state index contributed by atoms with van der Waals surface area (Å²) in [4.78, 5) is 19.2. The molecule has 1 aromatic carbocycles. The zero-order chi connectivity index (χ0) is 21.3. The number of aliphatic hydroxyl groups excluding tert-OH is 1. The van der Waals surface area contributed by atoms with Gasteiger partial charge in [-0.15, -0.1) is 11.3 Å². The molecule has 1 fully saturated rings.